The Labute approximate surface area is 133 Å². The molecule has 1 aromatic rings. The molecule has 1 heterocycles. The van der Waals surface area contributed by atoms with E-state index in [-0.39, 0.29) is 24.2 Å². The highest BCUT2D eigenvalue weighted by molar-refractivity contribution is 7.90. The Morgan fingerprint density at radius 2 is 2.13 bits per heavy atom. The molecule has 1 aromatic heterocycles. The minimum absolute atomic E-state index is 0.117. The predicted molar refractivity (Wildman–Crippen MR) is 77.2 cm³/mol. The van der Waals surface area contributed by atoms with E-state index in [9.17, 15) is 22.0 Å². The fourth-order valence-electron chi connectivity index (χ4n) is 2.82. The van der Waals surface area contributed by atoms with Gasteiger partial charge in [-0.15, -0.1) is 0 Å². The van der Waals surface area contributed by atoms with Crippen LogP contribution < -0.4 is 4.72 Å². The maximum atomic E-state index is 13.4. The van der Waals surface area contributed by atoms with Gasteiger partial charge in [-0.05, 0) is 31.6 Å². The molecule has 2 fully saturated rings. The lowest BCUT2D eigenvalue weighted by atomic mass is 9.86. The molecule has 23 heavy (non-hydrogen) atoms. The number of amides is 1. The lowest BCUT2D eigenvalue weighted by Gasteiger charge is -2.27. The van der Waals surface area contributed by atoms with Crippen LogP contribution in [0.5, 0.6) is 0 Å². The van der Waals surface area contributed by atoms with Crippen molar-refractivity contribution in [2.75, 3.05) is 0 Å². The second kappa shape index (κ2) is 5.85. The molecule has 0 saturated heterocycles. The van der Waals surface area contributed by atoms with Crippen molar-refractivity contribution in [1.29, 1.82) is 0 Å². The minimum atomic E-state index is -4.07. The molecule has 128 valence electrons. The third kappa shape index (κ3) is 4.07. The zero-order valence-corrected chi connectivity index (χ0v) is 13.4. The molecule has 2 aliphatic carbocycles. The fraction of sp³-hybridized carbons (Fsp3) is 0.714. The molecule has 1 amide bonds. The van der Waals surface area contributed by atoms with Crippen molar-refractivity contribution >= 4 is 15.9 Å². The number of hydrogen-bond acceptors (Lipinski definition) is 4. The van der Waals surface area contributed by atoms with Gasteiger partial charge in [-0.25, -0.2) is 21.9 Å². The molecule has 9 heteroatoms. The van der Waals surface area contributed by atoms with Gasteiger partial charge in [-0.3, -0.25) is 9.48 Å². The van der Waals surface area contributed by atoms with Gasteiger partial charge in [0.2, 0.25) is 11.8 Å². The van der Waals surface area contributed by atoms with Crippen molar-refractivity contribution in [3.8, 4) is 0 Å². The first-order chi connectivity index (χ1) is 10.8. The minimum Gasteiger partial charge on any atom is -0.274 e. The van der Waals surface area contributed by atoms with Crippen molar-refractivity contribution in [3.05, 3.63) is 12.4 Å². The number of hydrogen-bond donors (Lipinski definition) is 1. The van der Waals surface area contributed by atoms with Gasteiger partial charge in [0, 0.05) is 31.5 Å². The van der Waals surface area contributed by atoms with Gasteiger partial charge in [-0.2, -0.15) is 5.10 Å². The quantitative estimate of drug-likeness (QED) is 0.882. The molecule has 1 unspecified atom stereocenters. The summed E-state index contributed by atoms with van der Waals surface area (Å²) >= 11 is 0. The molecular formula is C14H19F2N3O3S. The number of aromatic nitrogens is 2. The number of nitrogens with zero attached hydrogens (tertiary/aromatic N) is 2. The van der Waals surface area contributed by atoms with Gasteiger partial charge >= 0.3 is 0 Å². The summed E-state index contributed by atoms with van der Waals surface area (Å²) in [6.45, 7) is 0.651. The molecule has 1 N–H and O–H groups in total. The average molecular weight is 347 g/mol. The predicted octanol–water partition coefficient (Wildman–Crippen LogP) is 1.92. The second-order valence-corrected chi connectivity index (χ2v) is 8.14. The molecule has 1 atom stereocenters. The summed E-state index contributed by atoms with van der Waals surface area (Å²) in [5.41, 5.74) is 0. The van der Waals surface area contributed by atoms with Crippen LogP contribution in [0.3, 0.4) is 0 Å². The number of rotatable bonds is 5. The maximum Gasteiger partial charge on any atom is 0.267 e. The van der Waals surface area contributed by atoms with Crippen molar-refractivity contribution in [1.82, 2.24) is 14.5 Å². The van der Waals surface area contributed by atoms with E-state index in [2.05, 4.69) is 5.10 Å². The molecule has 0 spiro atoms. The summed E-state index contributed by atoms with van der Waals surface area (Å²) in [4.78, 5) is 11.9. The van der Waals surface area contributed by atoms with Gasteiger partial charge in [0.15, 0.2) is 0 Å². The van der Waals surface area contributed by atoms with Crippen LogP contribution in [0.25, 0.3) is 0 Å². The molecule has 2 saturated carbocycles. The lowest BCUT2D eigenvalue weighted by molar-refractivity contribution is -0.130. The molecule has 0 aromatic carbocycles. The normalized spacial score (nSPS) is 24.3. The van der Waals surface area contributed by atoms with Crippen LogP contribution >= 0.6 is 0 Å². The van der Waals surface area contributed by atoms with E-state index < -0.39 is 34.2 Å². The first kappa shape index (κ1) is 16.4. The first-order valence-corrected chi connectivity index (χ1v) is 9.20. The van der Waals surface area contributed by atoms with E-state index in [1.807, 2.05) is 4.72 Å². The first-order valence-electron chi connectivity index (χ1n) is 7.72. The Morgan fingerprint density at radius 1 is 1.39 bits per heavy atom. The molecular weight excluding hydrogens is 328 g/mol. The maximum absolute atomic E-state index is 13.4. The summed E-state index contributed by atoms with van der Waals surface area (Å²) in [5.74, 6) is -4.21. The lowest BCUT2D eigenvalue weighted by Crippen LogP contribution is -2.40. The molecule has 0 radical (unpaired) electrons. The van der Waals surface area contributed by atoms with E-state index >= 15 is 0 Å². The summed E-state index contributed by atoms with van der Waals surface area (Å²) < 4.78 is 54.5. The van der Waals surface area contributed by atoms with E-state index in [4.69, 9.17) is 0 Å². The third-order valence-electron chi connectivity index (χ3n) is 4.31. The van der Waals surface area contributed by atoms with Crippen LogP contribution in [-0.4, -0.2) is 30.0 Å². The number of carbonyl (C=O) groups is 1. The SMILES string of the molecule is O=C(NS(=O)(=O)c1cnn(CC2CC2)c1)C1CCCC(F)(F)C1. The summed E-state index contributed by atoms with van der Waals surface area (Å²) in [7, 11) is -4.07. The van der Waals surface area contributed by atoms with Crippen LogP contribution in [-0.2, 0) is 21.4 Å². The monoisotopic (exact) mass is 347 g/mol. The number of alkyl halides is 2. The van der Waals surface area contributed by atoms with E-state index in [1.165, 1.54) is 17.1 Å². The van der Waals surface area contributed by atoms with E-state index in [0.29, 0.717) is 12.5 Å². The number of carbonyl (C=O) groups excluding carboxylic acids is 1. The number of halogens is 2. The van der Waals surface area contributed by atoms with E-state index in [1.54, 1.807) is 0 Å². The topological polar surface area (TPSA) is 81.1 Å². The van der Waals surface area contributed by atoms with Gasteiger partial charge in [0.25, 0.3) is 10.0 Å². The molecule has 0 aliphatic heterocycles. The Balaban J connectivity index is 1.65. The van der Waals surface area contributed by atoms with Crippen molar-refractivity contribution in [2.24, 2.45) is 11.8 Å². The second-order valence-electron chi connectivity index (χ2n) is 6.46. The van der Waals surface area contributed by atoms with Crippen molar-refractivity contribution in [3.63, 3.8) is 0 Å². The summed E-state index contributed by atoms with van der Waals surface area (Å²) in [6.07, 6.45) is 4.38. The third-order valence-corrected chi connectivity index (χ3v) is 5.61. The van der Waals surface area contributed by atoms with Crippen LogP contribution in [0.2, 0.25) is 0 Å². The summed E-state index contributed by atoms with van der Waals surface area (Å²) in [6, 6.07) is 0. The van der Waals surface area contributed by atoms with Gasteiger partial charge in [-0.1, -0.05) is 0 Å². The summed E-state index contributed by atoms with van der Waals surface area (Å²) in [5, 5.41) is 3.97. The van der Waals surface area contributed by atoms with Gasteiger partial charge < -0.3 is 0 Å². The Kier molecular flexibility index (Phi) is 4.16. The average Bonchev–Trinajstić information content (AvgIpc) is 3.11. The Morgan fingerprint density at radius 3 is 2.78 bits per heavy atom. The highest BCUT2D eigenvalue weighted by Gasteiger charge is 2.40. The van der Waals surface area contributed by atoms with Crippen LogP contribution in [0.1, 0.15) is 38.5 Å². The van der Waals surface area contributed by atoms with Gasteiger partial charge in [0.05, 0.1) is 6.20 Å². The van der Waals surface area contributed by atoms with Crippen molar-refractivity contribution in [2.45, 2.75) is 55.9 Å². The highest BCUT2D eigenvalue weighted by atomic mass is 32.2. The fourth-order valence-corrected chi connectivity index (χ4v) is 3.81. The zero-order chi connectivity index (χ0) is 16.7. The van der Waals surface area contributed by atoms with E-state index in [0.717, 1.165) is 12.8 Å². The standard InChI is InChI=1S/C14H19F2N3O3S/c15-14(16)5-1-2-11(6-14)13(20)18-23(21,22)12-7-17-19(9-12)8-10-3-4-10/h7,9-11H,1-6,8H2,(H,18,20). The number of sulfonamides is 1. The Hall–Kier alpha value is -1.51. The smallest absolute Gasteiger partial charge is 0.267 e. The molecule has 0 bridgehead atoms. The largest absolute Gasteiger partial charge is 0.274 e. The van der Waals surface area contributed by atoms with Crippen LogP contribution in [0.4, 0.5) is 8.78 Å². The zero-order valence-electron chi connectivity index (χ0n) is 12.5. The molecule has 3 rings (SSSR count). The number of nitrogens with one attached hydrogen (secondary N) is 1. The molecule has 2 aliphatic rings. The van der Waals surface area contributed by atoms with Gasteiger partial charge in [0.1, 0.15) is 4.90 Å². The highest BCUT2D eigenvalue weighted by Crippen LogP contribution is 2.36. The molecule has 6 nitrogen and oxygen atoms in total. The van der Waals surface area contributed by atoms with Crippen molar-refractivity contribution < 1.29 is 22.0 Å². The van der Waals surface area contributed by atoms with Crippen LogP contribution in [0, 0.1) is 11.8 Å². The Bertz CT molecular complexity index is 698. The van der Waals surface area contributed by atoms with Crippen LogP contribution in [0.15, 0.2) is 17.3 Å².